The van der Waals surface area contributed by atoms with Crippen molar-refractivity contribution in [3.63, 3.8) is 0 Å². The molecule has 6 heteroatoms. The van der Waals surface area contributed by atoms with Crippen LogP contribution in [-0.2, 0) is 4.74 Å². The van der Waals surface area contributed by atoms with Crippen molar-refractivity contribution in [2.75, 3.05) is 6.61 Å². The van der Waals surface area contributed by atoms with Crippen LogP contribution in [0.4, 0.5) is 0 Å². The fourth-order valence-electron chi connectivity index (χ4n) is 2.93. The van der Waals surface area contributed by atoms with Gasteiger partial charge in [0.2, 0.25) is 0 Å². The van der Waals surface area contributed by atoms with Gasteiger partial charge in [0.05, 0.1) is 23.9 Å². The van der Waals surface area contributed by atoms with Crippen LogP contribution in [0.5, 0.6) is 5.75 Å². The number of fused-ring (bicyclic) bond motifs is 1. The molecule has 2 heterocycles. The highest BCUT2D eigenvalue weighted by Gasteiger charge is 2.51. The molecule has 19 heavy (non-hydrogen) atoms. The van der Waals surface area contributed by atoms with Crippen LogP contribution in [0.25, 0.3) is 0 Å². The van der Waals surface area contributed by atoms with Gasteiger partial charge in [0.15, 0.2) is 0 Å². The van der Waals surface area contributed by atoms with Crippen molar-refractivity contribution in [3.8, 4) is 5.75 Å². The van der Waals surface area contributed by atoms with Gasteiger partial charge in [0.1, 0.15) is 5.75 Å². The SMILES string of the molecule is NC1C2CCCOC2C1NC(=O)c1ccncc1O. The van der Waals surface area contributed by atoms with Crippen molar-refractivity contribution in [1.82, 2.24) is 10.3 Å². The quantitative estimate of drug-likeness (QED) is 0.699. The number of pyridine rings is 1. The molecule has 0 bridgehead atoms. The number of carbonyl (C=O) groups excluding carboxylic acids is 1. The summed E-state index contributed by atoms with van der Waals surface area (Å²) in [7, 11) is 0. The highest BCUT2D eigenvalue weighted by atomic mass is 16.5. The average molecular weight is 263 g/mol. The predicted molar refractivity (Wildman–Crippen MR) is 67.6 cm³/mol. The van der Waals surface area contributed by atoms with Crippen LogP contribution >= 0.6 is 0 Å². The minimum absolute atomic E-state index is 0.0108. The van der Waals surface area contributed by atoms with E-state index < -0.39 is 0 Å². The first-order valence-corrected chi connectivity index (χ1v) is 6.49. The first-order valence-electron chi connectivity index (χ1n) is 6.49. The zero-order valence-corrected chi connectivity index (χ0v) is 10.5. The maximum absolute atomic E-state index is 12.1. The number of rotatable bonds is 2. The lowest BCUT2D eigenvalue weighted by atomic mass is 9.68. The molecule has 1 saturated heterocycles. The Morgan fingerprint density at radius 3 is 3.21 bits per heavy atom. The number of hydrogen-bond donors (Lipinski definition) is 3. The van der Waals surface area contributed by atoms with E-state index in [0.717, 1.165) is 19.4 Å². The Kier molecular flexibility index (Phi) is 3.12. The van der Waals surface area contributed by atoms with Gasteiger partial charge in [-0.3, -0.25) is 9.78 Å². The third-order valence-corrected chi connectivity index (χ3v) is 4.02. The summed E-state index contributed by atoms with van der Waals surface area (Å²) in [4.78, 5) is 15.8. The van der Waals surface area contributed by atoms with Crippen LogP contribution in [0.15, 0.2) is 18.5 Å². The number of carbonyl (C=O) groups is 1. The van der Waals surface area contributed by atoms with Crippen molar-refractivity contribution < 1.29 is 14.6 Å². The molecule has 4 N–H and O–H groups in total. The third kappa shape index (κ3) is 2.06. The van der Waals surface area contributed by atoms with Crippen LogP contribution in [0, 0.1) is 5.92 Å². The molecular weight excluding hydrogens is 246 g/mol. The molecule has 3 rings (SSSR count). The van der Waals surface area contributed by atoms with Crippen molar-refractivity contribution in [2.45, 2.75) is 31.0 Å². The van der Waals surface area contributed by atoms with E-state index in [9.17, 15) is 9.90 Å². The van der Waals surface area contributed by atoms with E-state index >= 15 is 0 Å². The number of nitrogens with zero attached hydrogens (tertiary/aromatic N) is 1. The highest BCUT2D eigenvalue weighted by molar-refractivity contribution is 5.96. The standard InChI is InChI=1S/C13H17N3O3/c14-10-8-2-1-5-19-12(8)11(10)16-13(18)7-3-4-15-6-9(7)17/h3-4,6,8,10-12,17H,1-2,5,14H2,(H,16,18). The molecule has 0 radical (unpaired) electrons. The summed E-state index contributed by atoms with van der Waals surface area (Å²) in [6, 6.07) is 1.23. The molecule has 4 unspecified atom stereocenters. The van der Waals surface area contributed by atoms with Crippen molar-refractivity contribution in [3.05, 3.63) is 24.0 Å². The van der Waals surface area contributed by atoms with E-state index in [-0.39, 0.29) is 35.4 Å². The first-order chi connectivity index (χ1) is 9.18. The summed E-state index contributed by atoms with van der Waals surface area (Å²) in [5.41, 5.74) is 6.28. The summed E-state index contributed by atoms with van der Waals surface area (Å²) >= 11 is 0. The monoisotopic (exact) mass is 263 g/mol. The Morgan fingerprint density at radius 1 is 1.58 bits per heavy atom. The topological polar surface area (TPSA) is 97.5 Å². The summed E-state index contributed by atoms with van der Waals surface area (Å²) in [6.45, 7) is 0.723. The lowest BCUT2D eigenvalue weighted by molar-refractivity contribution is -0.117. The van der Waals surface area contributed by atoms with Gasteiger partial charge >= 0.3 is 0 Å². The van der Waals surface area contributed by atoms with E-state index in [4.69, 9.17) is 10.5 Å². The fourth-order valence-corrected chi connectivity index (χ4v) is 2.93. The van der Waals surface area contributed by atoms with Gasteiger partial charge in [0.25, 0.3) is 5.91 Å². The summed E-state index contributed by atoms with van der Waals surface area (Å²) in [6.07, 6.45) is 4.81. The van der Waals surface area contributed by atoms with E-state index in [1.807, 2.05) is 0 Å². The number of aromatic hydroxyl groups is 1. The Labute approximate surface area is 111 Å². The van der Waals surface area contributed by atoms with Crippen molar-refractivity contribution in [2.24, 2.45) is 11.7 Å². The maximum Gasteiger partial charge on any atom is 0.255 e. The number of nitrogens with one attached hydrogen (secondary N) is 1. The first kappa shape index (κ1) is 12.4. The Balaban J connectivity index is 1.69. The third-order valence-electron chi connectivity index (χ3n) is 4.02. The van der Waals surface area contributed by atoms with Crippen LogP contribution in [0.1, 0.15) is 23.2 Å². The normalized spacial score (nSPS) is 33.1. The molecule has 6 nitrogen and oxygen atoms in total. The van der Waals surface area contributed by atoms with Gasteiger partial charge in [-0.2, -0.15) is 0 Å². The van der Waals surface area contributed by atoms with E-state index in [0.29, 0.717) is 5.92 Å². The summed E-state index contributed by atoms with van der Waals surface area (Å²) < 4.78 is 5.66. The van der Waals surface area contributed by atoms with Gasteiger partial charge in [-0.1, -0.05) is 0 Å². The number of nitrogens with two attached hydrogens (primary N) is 1. The van der Waals surface area contributed by atoms with Crippen LogP contribution in [0.2, 0.25) is 0 Å². The Morgan fingerprint density at radius 2 is 2.42 bits per heavy atom. The van der Waals surface area contributed by atoms with E-state index in [1.54, 1.807) is 0 Å². The van der Waals surface area contributed by atoms with Crippen LogP contribution in [-0.4, -0.2) is 40.8 Å². The summed E-state index contributed by atoms with van der Waals surface area (Å²) in [5.74, 6) is -0.132. The molecule has 1 aliphatic carbocycles. The average Bonchev–Trinajstić information content (AvgIpc) is 2.44. The number of aromatic nitrogens is 1. The fraction of sp³-hybridized carbons (Fsp3) is 0.538. The van der Waals surface area contributed by atoms with E-state index in [2.05, 4.69) is 10.3 Å². The van der Waals surface area contributed by atoms with Crippen LogP contribution in [0.3, 0.4) is 0 Å². The minimum atomic E-state index is -0.340. The predicted octanol–water partition coefficient (Wildman–Crippen LogP) is 0.0217. The van der Waals surface area contributed by atoms with Crippen LogP contribution < -0.4 is 11.1 Å². The second-order valence-electron chi connectivity index (χ2n) is 5.11. The molecule has 2 aliphatic rings. The van der Waals surface area contributed by atoms with Gasteiger partial charge in [-0.05, 0) is 18.9 Å². The molecule has 2 fully saturated rings. The molecule has 1 aromatic rings. The lowest BCUT2D eigenvalue weighted by Gasteiger charge is -2.52. The van der Waals surface area contributed by atoms with E-state index in [1.165, 1.54) is 18.5 Å². The number of amides is 1. The second-order valence-corrected chi connectivity index (χ2v) is 5.11. The Hall–Kier alpha value is -1.66. The van der Waals surface area contributed by atoms with Gasteiger partial charge in [0, 0.05) is 24.8 Å². The maximum atomic E-state index is 12.1. The molecule has 0 aromatic carbocycles. The molecule has 1 aromatic heterocycles. The molecule has 1 amide bonds. The largest absolute Gasteiger partial charge is 0.505 e. The number of hydrogen-bond acceptors (Lipinski definition) is 5. The lowest BCUT2D eigenvalue weighted by Crippen LogP contribution is -2.72. The second kappa shape index (κ2) is 4.79. The molecular formula is C13H17N3O3. The zero-order chi connectivity index (χ0) is 13.4. The van der Waals surface area contributed by atoms with Gasteiger partial charge in [-0.25, -0.2) is 0 Å². The molecule has 1 saturated carbocycles. The van der Waals surface area contributed by atoms with Crippen molar-refractivity contribution in [1.29, 1.82) is 0 Å². The number of ether oxygens (including phenoxy) is 1. The molecule has 4 atom stereocenters. The van der Waals surface area contributed by atoms with Crippen molar-refractivity contribution >= 4 is 5.91 Å². The minimum Gasteiger partial charge on any atom is -0.505 e. The molecule has 0 spiro atoms. The smallest absolute Gasteiger partial charge is 0.255 e. The molecule has 1 aliphatic heterocycles. The Bertz CT molecular complexity index is 494. The van der Waals surface area contributed by atoms with Gasteiger partial charge < -0.3 is 20.9 Å². The summed E-state index contributed by atoms with van der Waals surface area (Å²) in [5, 5.41) is 12.4. The zero-order valence-electron chi connectivity index (χ0n) is 10.5. The highest BCUT2D eigenvalue weighted by Crippen LogP contribution is 2.37. The molecule has 102 valence electrons. The van der Waals surface area contributed by atoms with Gasteiger partial charge in [-0.15, -0.1) is 0 Å².